The van der Waals surface area contributed by atoms with E-state index in [1.165, 1.54) is 11.3 Å². The Bertz CT molecular complexity index is 281. The lowest BCUT2D eigenvalue weighted by atomic mass is 10.2. The number of aliphatic hydroxyl groups is 1. The van der Waals surface area contributed by atoms with Gasteiger partial charge in [-0.2, -0.15) is 0 Å². The maximum Gasteiger partial charge on any atom is 0.335 e. The number of carbonyl (C=O) groups is 1. The monoisotopic (exact) mass is 184 g/mol. The van der Waals surface area contributed by atoms with Gasteiger partial charge in [-0.25, -0.2) is 4.79 Å². The van der Waals surface area contributed by atoms with Gasteiger partial charge in [-0.05, 0) is 11.4 Å². The van der Waals surface area contributed by atoms with Crippen LogP contribution in [0.3, 0.4) is 0 Å². The molecule has 12 heavy (non-hydrogen) atoms. The van der Waals surface area contributed by atoms with Crippen molar-refractivity contribution in [2.24, 2.45) is 0 Å². The quantitative estimate of drug-likeness (QED) is 0.665. The molecule has 0 saturated carbocycles. The number of aliphatic hydroxyl groups excluding tert-OH is 1. The standard InChI is InChI=1S/C8H8O3S/c9-5-4-6(11-8(5)10)7-2-1-3-12-7/h1-3,5-6,9H,4H2/t5-,6-/m1/s1. The Kier molecular flexibility index (Phi) is 1.86. The minimum Gasteiger partial charge on any atom is -0.455 e. The molecule has 1 aliphatic rings. The normalized spacial score (nSPS) is 28.9. The second kappa shape index (κ2) is 2.88. The average Bonchev–Trinajstić information content (AvgIpc) is 2.61. The Morgan fingerprint density at radius 1 is 1.67 bits per heavy atom. The Labute approximate surface area is 73.6 Å². The van der Waals surface area contributed by atoms with Crippen molar-refractivity contribution in [2.45, 2.75) is 18.6 Å². The number of esters is 1. The fourth-order valence-electron chi connectivity index (χ4n) is 1.21. The number of cyclic esters (lactones) is 1. The molecule has 1 fully saturated rings. The van der Waals surface area contributed by atoms with Crippen LogP contribution in [0.5, 0.6) is 0 Å². The number of carbonyl (C=O) groups excluding carboxylic acids is 1. The van der Waals surface area contributed by atoms with Crippen molar-refractivity contribution < 1.29 is 14.6 Å². The molecule has 0 aromatic carbocycles. The van der Waals surface area contributed by atoms with Crippen molar-refractivity contribution in [3.8, 4) is 0 Å². The molecule has 1 saturated heterocycles. The largest absolute Gasteiger partial charge is 0.455 e. The van der Waals surface area contributed by atoms with Gasteiger partial charge in [-0.15, -0.1) is 11.3 Å². The molecule has 64 valence electrons. The van der Waals surface area contributed by atoms with Crippen LogP contribution in [0.2, 0.25) is 0 Å². The summed E-state index contributed by atoms with van der Waals surface area (Å²) in [5.41, 5.74) is 0. The molecular formula is C8H8O3S. The summed E-state index contributed by atoms with van der Waals surface area (Å²) in [7, 11) is 0. The van der Waals surface area contributed by atoms with E-state index in [1.54, 1.807) is 0 Å². The molecule has 0 unspecified atom stereocenters. The molecular weight excluding hydrogens is 176 g/mol. The highest BCUT2D eigenvalue weighted by molar-refractivity contribution is 7.10. The smallest absolute Gasteiger partial charge is 0.335 e. The van der Waals surface area contributed by atoms with Crippen molar-refractivity contribution in [3.05, 3.63) is 22.4 Å². The van der Waals surface area contributed by atoms with Crippen LogP contribution in [0.15, 0.2) is 17.5 Å². The predicted octanol–water partition coefficient (Wildman–Crippen LogP) is 1.10. The number of thiophene rings is 1. The topological polar surface area (TPSA) is 46.5 Å². The van der Waals surface area contributed by atoms with Crippen LogP contribution in [-0.2, 0) is 9.53 Å². The van der Waals surface area contributed by atoms with E-state index in [-0.39, 0.29) is 6.10 Å². The summed E-state index contributed by atoms with van der Waals surface area (Å²) in [4.78, 5) is 11.8. The lowest BCUT2D eigenvalue weighted by Crippen LogP contribution is -2.11. The highest BCUT2D eigenvalue weighted by atomic mass is 32.1. The molecule has 2 rings (SSSR count). The SMILES string of the molecule is O=C1O[C@@H](c2cccs2)C[C@H]1O. The predicted molar refractivity (Wildman–Crippen MR) is 43.8 cm³/mol. The summed E-state index contributed by atoms with van der Waals surface area (Å²) in [5, 5.41) is 11.0. The lowest BCUT2D eigenvalue weighted by Gasteiger charge is -2.03. The first-order valence-electron chi connectivity index (χ1n) is 3.69. The third-order valence-electron chi connectivity index (χ3n) is 1.83. The van der Waals surface area contributed by atoms with E-state index in [1.807, 2.05) is 17.5 Å². The van der Waals surface area contributed by atoms with Crippen LogP contribution in [-0.4, -0.2) is 17.2 Å². The number of hydrogen-bond acceptors (Lipinski definition) is 4. The van der Waals surface area contributed by atoms with Crippen molar-refractivity contribution in [3.63, 3.8) is 0 Å². The van der Waals surface area contributed by atoms with Gasteiger partial charge in [0.2, 0.25) is 0 Å². The van der Waals surface area contributed by atoms with Gasteiger partial charge in [-0.1, -0.05) is 6.07 Å². The Balaban J connectivity index is 2.14. The maximum absolute atomic E-state index is 10.8. The van der Waals surface area contributed by atoms with Gasteiger partial charge in [0.1, 0.15) is 6.10 Å². The molecule has 0 spiro atoms. The summed E-state index contributed by atoms with van der Waals surface area (Å²) < 4.78 is 4.94. The van der Waals surface area contributed by atoms with Gasteiger partial charge in [0, 0.05) is 11.3 Å². The summed E-state index contributed by atoms with van der Waals surface area (Å²) in [6.07, 6.45) is -0.774. The Morgan fingerprint density at radius 3 is 3.00 bits per heavy atom. The molecule has 2 atom stereocenters. The second-order valence-electron chi connectivity index (χ2n) is 2.69. The van der Waals surface area contributed by atoms with Gasteiger partial charge in [0.25, 0.3) is 0 Å². The van der Waals surface area contributed by atoms with Crippen molar-refractivity contribution in [1.82, 2.24) is 0 Å². The zero-order chi connectivity index (χ0) is 8.55. The molecule has 1 aromatic rings. The van der Waals surface area contributed by atoms with E-state index in [0.717, 1.165) is 4.88 Å². The molecule has 0 amide bonds. The molecule has 2 heterocycles. The van der Waals surface area contributed by atoms with E-state index in [4.69, 9.17) is 9.84 Å². The van der Waals surface area contributed by atoms with E-state index in [9.17, 15) is 4.79 Å². The third-order valence-corrected chi connectivity index (χ3v) is 2.79. The average molecular weight is 184 g/mol. The summed E-state index contributed by atoms with van der Waals surface area (Å²) in [5.74, 6) is -0.506. The zero-order valence-corrected chi connectivity index (χ0v) is 7.08. The van der Waals surface area contributed by atoms with Crippen LogP contribution in [0.25, 0.3) is 0 Å². The van der Waals surface area contributed by atoms with Crippen molar-refractivity contribution in [1.29, 1.82) is 0 Å². The number of rotatable bonds is 1. The highest BCUT2D eigenvalue weighted by Gasteiger charge is 2.34. The fourth-order valence-corrected chi connectivity index (χ4v) is 1.98. The van der Waals surface area contributed by atoms with Crippen LogP contribution in [0.1, 0.15) is 17.4 Å². The minimum absolute atomic E-state index is 0.229. The van der Waals surface area contributed by atoms with E-state index >= 15 is 0 Å². The molecule has 1 N–H and O–H groups in total. The summed E-state index contributed by atoms with van der Waals surface area (Å²) in [6.45, 7) is 0. The van der Waals surface area contributed by atoms with Gasteiger partial charge >= 0.3 is 5.97 Å². The molecule has 0 bridgehead atoms. The second-order valence-corrected chi connectivity index (χ2v) is 3.67. The van der Waals surface area contributed by atoms with Gasteiger partial charge in [0.05, 0.1) is 0 Å². The van der Waals surface area contributed by atoms with Crippen LogP contribution in [0.4, 0.5) is 0 Å². The van der Waals surface area contributed by atoms with Gasteiger partial charge in [0.15, 0.2) is 6.10 Å². The first-order valence-corrected chi connectivity index (χ1v) is 4.57. The molecule has 3 nitrogen and oxygen atoms in total. The number of hydrogen-bond donors (Lipinski definition) is 1. The third kappa shape index (κ3) is 1.23. The van der Waals surface area contributed by atoms with Crippen LogP contribution in [0, 0.1) is 0 Å². The fraction of sp³-hybridized carbons (Fsp3) is 0.375. The zero-order valence-electron chi connectivity index (χ0n) is 6.27. The number of ether oxygens (including phenoxy) is 1. The minimum atomic E-state index is -0.933. The highest BCUT2D eigenvalue weighted by Crippen LogP contribution is 2.32. The maximum atomic E-state index is 10.8. The molecule has 0 radical (unpaired) electrons. The van der Waals surface area contributed by atoms with E-state index in [2.05, 4.69) is 0 Å². The first kappa shape index (κ1) is 7.76. The van der Waals surface area contributed by atoms with Crippen molar-refractivity contribution >= 4 is 17.3 Å². The molecule has 1 aliphatic heterocycles. The van der Waals surface area contributed by atoms with Gasteiger partial charge < -0.3 is 9.84 Å². The van der Waals surface area contributed by atoms with E-state index in [0.29, 0.717) is 6.42 Å². The Morgan fingerprint density at radius 2 is 2.50 bits per heavy atom. The Hall–Kier alpha value is -0.870. The summed E-state index contributed by atoms with van der Waals surface area (Å²) in [6, 6.07) is 3.80. The van der Waals surface area contributed by atoms with Crippen LogP contribution < -0.4 is 0 Å². The van der Waals surface area contributed by atoms with Crippen molar-refractivity contribution in [2.75, 3.05) is 0 Å². The molecule has 1 aromatic heterocycles. The van der Waals surface area contributed by atoms with Crippen LogP contribution >= 0.6 is 11.3 Å². The molecule has 4 heteroatoms. The van der Waals surface area contributed by atoms with Gasteiger partial charge in [-0.3, -0.25) is 0 Å². The molecule has 0 aliphatic carbocycles. The van der Waals surface area contributed by atoms with E-state index < -0.39 is 12.1 Å². The summed E-state index contributed by atoms with van der Waals surface area (Å²) >= 11 is 1.54. The first-order chi connectivity index (χ1) is 5.77. The lowest BCUT2D eigenvalue weighted by molar-refractivity contribution is -0.147.